The van der Waals surface area contributed by atoms with E-state index in [-0.39, 0.29) is 52.7 Å². The number of nitrogens with zero attached hydrogens (tertiary/aromatic N) is 4. The van der Waals surface area contributed by atoms with Crippen molar-refractivity contribution < 1.29 is 47.6 Å². The quantitative estimate of drug-likeness (QED) is 0.213. The number of rotatable bonds is 6. The highest BCUT2D eigenvalue weighted by Gasteiger charge is 2.35. The van der Waals surface area contributed by atoms with Crippen LogP contribution in [-0.4, -0.2) is 65.9 Å². The van der Waals surface area contributed by atoms with Crippen molar-refractivity contribution >= 4 is 51.5 Å². The summed E-state index contributed by atoms with van der Waals surface area (Å²) in [6.45, 7) is 2.84. The number of aromatic amines is 1. The maximum absolute atomic E-state index is 12.8. The molecule has 10 nitrogen and oxygen atoms in total. The van der Waals surface area contributed by atoms with E-state index in [0.717, 1.165) is 5.82 Å². The number of piperidine rings is 1. The molecule has 0 unspecified atom stereocenters. The molecule has 14 heteroatoms. The molecule has 2 atom stereocenters. The fourth-order valence-corrected chi connectivity index (χ4v) is 5.64. The third kappa shape index (κ3) is 5.37. The number of carbonyl (C=O) groups excluding carboxylic acids is 2. The number of hydrogen-bond acceptors (Lipinski definition) is 7. The Morgan fingerprint density at radius 3 is 2.58 bits per heavy atom. The lowest BCUT2D eigenvalue weighted by Crippen LogP contribution is -3.00. The van der Waals surface area contributed by atoms with Crippen LogP contribution in [0.3, 0.4) is 0 Å². The molecule has 1 saturated heterocycles. The predicted molar refractivity (Wildman–Crippen MR) is 133 cm³/mol. The van der Waals surface area contributed by atoms with E-state index in [2.05, 4.69) is 15.2 Å². The maximum Gasteiger partial charge on any atom is 0.350 e. The second kappa shape index (κ2) is 11.7. The van der Waals surface area contributed by atoms with Crippen LogP contribution in [0.1, 0.15) is 32.3 Å². The van der Waals surface area contributed by atoms with Crippen LogP contribution in [0.4, 0.5) is 5.13 Å². The van der Waals surface area contributed by atoms with E-state index >= 15 is 0 Å². The van der Waals surface area contributed by atoms with Gasteiger partial charge in [0.25, 0.3) is 5.91 Å². The van der Waals surface area contributed by atoms with Gasteiger partial charge in [0, 0.05) is 25.9 Å². The van der Waals surface area contributed by atoms with Gasteiger partial charge in [-0.15, -0.1) is 0 Å². The smallest absolute Gasteiger partial charge is 0.350 e. The molecule has 2 N–H and O–H groups in total. The molecule has 0 spiro atoms. The summed E-state index contributed by atoms with van der Waals surface area (Å²) in [7, 11) is 6.76. The lowest BCUT2D eigenvalue weighted by Gasteiger charge is -2.37. The summed E-state index contributed by atoms with van der Waals surface area (Å²) in [6, 6.07) is -0.243. The van der Waals surface area contributed by atoms with E-state index in [4.69, 9.17) is 37.7 Å². The van der Waals surface area contributed by atoms with E-state index in [0.29, 0.717) is 45.9 Å². The van der Waals surface area contributed by atoms with Gasteiger partial charge >= 0.3 is 11.8 Å². The van der Waals surface area contributed by atoms with Crippen molar-refractivity contribution in [2.75, 3.05) is 32.2 Å². The number of carbonyl (C=O) groups is 2. The molecule has 1 fully saturated rings. The van der Waals surface area contributed by atoms with Gasteiger partial charge in [-0.3, -0.25) is 4.79 Å². The molecule has 3 aromatic heterocycles. The predicted octanol–water partition coefficient (Wildman–Crippen LogP) is -0.269. The van der Waals surface area contributed by atoms with E-state index in [1.165, 1.54) is 18.4 Å². The lowest BCUT2D eigenvalue weighted by molar-refractivity contribution is -0.659. The first-order chi connectivity index (χ1) is 16.7. The molecule has 1 aliphatic heterocycles. The van der Waals surface area contributed by atoms with Crippen molar-refractivity contribution in [1.82, 2.24) is 19.9 Å². The van der Waals surface area contributed by atoms with Crippen LogP contribution in [-0.2, 0) is 23.6 Å². The number of thiazole rings is 1. The van der Waals surface area contributed by atoms with E-state index in [1.54, 1.807) is 14.0 Å². The van der Waals surface area contributed by atoms with Crippen LogP contribution in [0.15, 0.2) is 12.4 Å². The number of hydrogen-bond donors (Lipinski definition) is 2. The van der Waals surface area contributed by atoms with Crippen molar-refractivity contribution in [2.24, 2.45) is 14.1 Å². The van der Waals surface area contributed by atoms with E-state index in [1.807, 2.05) is 35.6 Å². The number of methoxy groups -OCH3 is 2. The Morgan fingerprint density at radius 2 is 2.03 bits per heavy atom. The summed E-state index contributed by atoms with van der Waals surface area (Å²) in [5, 5.41) is 4.23. The number of esters is 1. The normalized spacial score (nSPS) is 17.6. The fourth-order valence-electron chi connectivity index (χ4n) is 4.21. The summed E-state index contributed by atoms with van der Waals surface area (Å²) in [4.78, 5) is 35.6. The molecule has 36 heavy (non-hydrogen) atoms. The molecule has 4 heterocycles. The van der Waals surface area contributed by atoms with Crippen LogP contribution in [0.25, 0.3) is 11.5 Å². The molecular weight excluding hydrogens is 642 g/mol. The summed E-state index contributed by atoms with van der Waals surface area (Å²) in [6.07, 6.45) is 4.10. The number of nitrogens with one attached hydrogen (secondary N) is 2. The van der Waals surface area contributed by atoms with Crippen LogP contribution in [0.2, 0.25) is 10.0 Å². The largest absolute Gasteiger partial charge is 1.00 e. The Balaban J connectivity index is 0.00000361. The van der Waals surface area contributed by atoms with Gasteiger partial charge in [0.05, 0.1) is 43.4 Å². The first kappa shape index (κ1) is 28.7. The van der Waals surface area contributed by atoms with Crippen molar-refractivity contribution in [3.63, 3.8) is 0 Å². The number of anilines is 1. The molecule has 0 saturated carbocycles. The van der Waals surface area contributed by atoms with Crippen LogP contribution < -0.4 is 38.8 Å². The Hall–Kier alpha value is -1.87. The van der Waals surface area contributed by atoms with Gasteiger partial charge < -0.3 is 48.7 Å². The SMILES string of the molecule is COC(=O)c1sc(N2CC[C@@H](NC(=O)c3[nH]c(C)c(Cl)c3Cl)[C@@H](OC)C2)nc1-c1n(C)cc[n+]1C.[I-]. The Morgan fingerprint density at radius 1 is 1.31 bits per heavy atom. The minimum Gasteiger partial charge on any atom is -1.00 e. The highest BCUT2D eigenvalue weighted by atomic mass is 127. The molecule has 0 bridgehead atoms. The minimum atomic E-state index is -0.438. The number of imidazole rings is 1. The molecule has 0 aliphatic carbocycles. The monoisotopic (exact) mass is 668 g/mol. The molecule has 1 aliphatic rings. The third-order valence-electron chi connectivity index (χ3n) is 6.11. The zero-order valence-electron chi connectivity index (χ0n) is 20.4. The number of H-pyrrole nitrogens is 1. The van der Waals surface area contributed by atoms with Crippen LogP contribution >= 0.6 is 34.5 Å². The molecule has 3 aromatic rings. The van der Waals surface area contributed by atoms with Gasteiger partial charge in [0.1, 0.15) is 23.0 Å². The molecule has 196 valence electrons. The number of amides is 1. The third-order valence-corrected chi connectivity index (χ3v) is 8.15. The average Bonchev–Trinajstić information content (AvgIpc) is 3.50. The first-order valence-corrected chi connectivity index (χ1v) is 12.5. The Bertz CT molecular complexity index is 1260. The second-order valence-electron chi connectivity index (χ2n) is 8.35. The van der Waals surface area contributed by atoms with Crippen molar-refractivity contribution in [2.45, 2.75) is 25.5 Å². The molecule has 0 radical (unpaired) electrons. The van der Waals surface area contributed by atoms with Gasteiger partial charge in [-0.2, -0.15) is 0 Å². The zero-order valence-corrected chi connectivity index (χ0v) is 24.9. The number of halogens is 3. The van der Waals surface area contributed by atoms with E-state index < -0.39 is 5.97 Å². The Kier molecular flexibility index (Phi) is 9.30. The number of aryl methyl sites for hydroxylation is 3. The van der Waals surface area contributed by atoms with Gasteiger partial charge in [-0.1, -0.05) is 34.5 Å². The van der Waals surface area contributed by atoms with Gasteiger partial charge in [0.2, 0.25) is 0 Å². The average molecular weight is 669 g/mol. The number of ether oxygens (including phenoxy) is 2. The van der Waals surface area contributed by atoms with Gasteiger partial charge in [-0.05, 0) is 13.3 Å². The first-order valence-electron chi connectivity index (χ1n) is 10.9. The molecular formula is C22H27Cl2IN6O4S. The summed E-state index contributed by atoms with van der Waals surface area (Å²) >= 11 is 13.6. The maximum atomic E-state index is 12.8. The summed E-state index contributed by atoms with van der Waals surface area (Å²) in [5.41, 5.74) is 1.42. The second-order valence-corrected chi connectivity index (χ2v) is 10.1. The van der Waals surface area contributed by atoms with Crippen molar-refractivity contribution in [3.05, 3.63) is 38.7 Å². The minimum absolute atomic E-state index is 0. The fraction of sp³-hybridized carbons (Fsp3) is 0.455. The molecule has 4 rings (SSSR count). The van der Waals surface area contributed by atoms with Gasteiger partial charge in [-0.25, -0.2) is 18.9 Å². The highest BCUT2D eigenvalue weighted by Crippen LogP contribution is 2.34. The highest BCUT2D eigenvalue weighted by molar-refractivity contribution is 7.17. The van der Waals surface area contributed by atoms with Crippen LogP contribution in [0.5, 0.6) is 0 Å². The lowest BCUT2D eigenvalue weighted by atomic mass is 10.0. The number of aromatic nitrogens is 4. The summed E-state index contributed by atoms with van der Waals surface area (Å²) < 4.78 is 14.6. The van der Waals surface area contributed by atoms with Crippen LogP contribution in [0, 0.1) is 6.92 Å². The van der Waals surface area contributed by atoms with Crippen molar-refractivity contribution in [3.8, 4) is 11.5 Å². The van der Waals surface area contributed by atoms with E-state index in [9.17, 15) is 9.59 Å². The van der Waals surface area contributed by atoms with Gasteiger partial charge in [0.15, 0.2) is 10.8 Å². The standard InChI is InChI=1S/C22H26Cl2N6O4S.HI/c1-11-14(23)15(24)16(25-11)19(31)26-12-6-7-30(10-13(12)33-4)22-27-17(18(35-22)21(32)34-5)20-28(2)8-9-29(20)3;/h8-9,12-13H,6-7,10H2,1-5H3,(H-,25,26,31);1H/t12-,13+;/m1./s1. The zero-order chi connectivity index (χ0) is 25.4. The molecule has 1 amide bonds. The summed E-state index contributed by atoms with van der Waals surface area (Å²) in [5.74, 6) is 0.00788. The molecule has 0 aromatic carbocycles. The topological polar surface area (TPSA) is 105 Å². The Labute approximate surface area is 239 Å². The van der Waals surface area contributed by atoms with Crippen molar-refractivity contribution in [1.29, 1.82) is 0 Å².